The van der Waals surface area contributed by atoms with Crippen LogP contribution in [0.4, 0.5) is 0 Å². The highest BCUT2D eigenvalue weighted by Crippen LogP contribution is 2.23. The Labute approximate surface area is 144 Å². The summed E-state index contributed by atoms with van der Waals surface area (Å²) >= 11 is 0. The van der Waals surface area contributed by atoms with Crippen molar-refractivity contribution in [3.05, 3.63) is 35.9 Å². The molecule has 0 spiro atoms. The van der Waals surface area contributed by atoms with Crippen LogP contribution in [0.15, 0.2) is 30.3 Å². The van der Waals surface area contributed by atoms with E-state index in [1.807, 2.05) is 25.1 Å². The van der Waals surface area contributed by atoms with Gasteiger partial charge in [0.25, 0.3) is 0 Å². The van der Waals surface area contributed by atoms with Crippen LogP contribution in [0.1, 0.15) is 25.3 Å². The van der Waals surface area contributed by atoms with Crippen LogP contribution in [0.2, 0.25) is 0 Å². The lowest BCUT2D eigenvalue weighted by Crippen LogP contribution is -2.50. The molecule has 1 aromatic carbocycles. The Balaban J connectivity index is 1.85. The maximum absolute atomic E-state index is 12.5. The van der Waals surface area contributed by atoms with Crippen LogP contribution < -0.4 is 0 Å². The third-order valence-corrected chi connectivity index (χ3v) is 4.76. The molecular formula is C19H24N4O. The van der Waals surface area contributed by atoms with Gasteiger partial charge in [0.2, 0.25) is 5.91 Å². The van der Waals surface area contributed by atoms with E-state index < -0.39 is 0 Å². The van der Waals surface area contributed by atoms with E-state index in [2.05, 4.69) is 29.2 Å². The number of hydrogen-bond acceptors (Lipinski definition) is 4. The number of piperidine rings is 1. The monoisotopic (exact) mass is 324 g/mol. The number of amides is 1. The molecule has 0 bridgehead atoms. The lowest BCUT2D eigenvalue weighted by atomic mass is 9.89. The second kappa shape index (κ2) is 9.05. The summed E-state index contributed by atoms with van der Waals surface area (Å²) in [6.07, 6.45) is 3.23. The van der Waals surface area contributed by atoms with Crippen LogP contribution in [0.3, 0.4) is 0 Å². The van der Waals surface area contributed by atoms with Crippen molar-refractivity contribution in [3.63, 3.8) is 0 Å². The lowest BCUT2D eigenvalue weighted by Gasteiger charge is -2.36. The topological polar surface area (TPSA) is 71.1 Å². The number of likely N-dealkylation sites (tertiary alicyclic amines) is 1. The number of hydrogen-bond donors (Lipinski definition) is 0. The number of carbonyl (C=O) groups excluding carboxylic acids is 1. The van der Waals surface area contributed by atoms with E-state index >= 15 is 0 Å². The van der Waals surface area contributed by atoms with Crippen LogP contribution in [-0.2, 0) is 11.2 Å². The normalized spacial score (nSPS) is 16.8. The maximum Gasteiger partial charge on any atom is 0.241 e. The first kappa shape index (κ1) is 18.0. The van der Waals surface area contributed by atoms with Gasteiger partial charge in [-0.1, -0.05) is 30.3 Å². The Hall–Kier alpha value is -2.37. The first-order valence-corrected chi connectivity index (χ1v) is 8.46. The van der Waals surface area contributed by atoms with Gasteiger partial charge in [0.1, 0.15) is 13.1 Å². The van der Waals surface area contributed by atoms with Crippen LogP contribution in [0.5, 0.6) is 0 Å². The molecule has 126 valence electrons. The van der Waals surface area contributed by atoms with Gasteiger partial charge in [-0.3, -0.25) is 9.69 Å². The SMILES string of the molecule is C[C@H](C(=O)N(CC#N)CC#N)N1CCC(Cc2ccccc2)CC1. The van der Waals surface area contributed by atoms with E-state index in [1.54, 1.807) is 0 Å². The predicted molar refractivity (Wildman–Crippen MR) is 91.7 cm³/mol. The predicted octanol–water partition coefficient (Wildman–Crippen LogP) is 2.21. The molecule has 0 aliphatic carbocycles. The molecule has 5 heteroatoms. The summed E-state index contributed by atoms with van der Waals surface area (Å²) in [6, 6.07) is 14.2. The zero-order valence-electron chi connectivity index (χ0n) is 14.2. The van der Waals surface area contributed by atoms with E-state index in [0.717, 1.165) is 32.4 Å². The van der Waals surface area contributed by atoms with Gasteiger partial charge in [-0.05, 0) is 50.8 Å². The second-order valence-electron chi connectivity index (χ2n) is 6.36. The maximum atomic E-state index is 12.5. The molecule has 2 rings (SSSR count). The van der Waals surface area contributed by atoms with E-state index in [4.69, 9.17) is 10.5 Å². The molecule has 1 heterocycles. The van der Waals surface area contributed by atoms with Crippen molar-refractivity contribution in [2.75, 3.05) is 26.2 Å². The third-order valence-electron chi connectivity index (χ3n) is 4.76. The summed E-state index contributed by atoms with van der Waals surface area (Å²) in [6.45, 7) is 3.60. The molecule has 5 nitrogen and oxygen atoms in total. The molecule has 1 aromatic rings. The largest absolute Gasteiger partial charge is 0.315 e. The van der Waals surface area contributed by atoms with Crippen molar-refractivity contribution >= 4 is 5.91 Å². The summed E-state index contributed by atoms with van der Waals surface area (Å²) in [7, 11) is 0. The van der Waals surface area contributed by atoms with E-state index in [0.29, 0.717) is 5.92 Å². The number of nitrogens with zero attached hydrogens (tertiary/aromatic N) is 4. The van der Waals surface area contributed by atoms with E-state index in [-0.39, 0.29) is 25.0 Å². The molecule has 0 N–H and O–H groups in total. The summed E-state index contributed by atoms with van der Waals surface area (Å²) in [5, 5.41) is 17.6. The summed E-state index contributed by atoms with van der Waals surface area (Å²) in [4.78, 5) is 16.0. The van der Waals surface area contributed by atoms with E-state index in [9.17, 15) is 4.79 Å². The number of rotatable bonds is 6. The molecule has 1 saturated heterocycles. The summed E-state index contributed by atoms with van der Waals surface area (Å²) in [5.41, 5.74) is 1.37. The summed E-state index contributed by atoms with van der Waals surface area (Å²) in [5.74, 6) is 0.528. The van der Waals surface area contributed by atoms with Gasteiger partial charge in [0, 0.05) is 0 Å². The van der Waals surface area contributed by atoms with Crippen molar-refractivity contribution in [2.45, 2.75) is 32.2 Å². The molecule has 0 saturated carbocycles. The van der Waals surface area contributed by atoms with E-state index in [1.165, 1.54) is 10.5 Å². The quantitative estimate of drug-likeness (QED) is 0.752. The fourth-order valence-electron chi connectivity index (χ4n) is 3.29. The number of nitriles is 2. The number of benzene rings is 1. The van der Waals surface area contributed by atoms with Gasteiger partial charge >= 0.3 is 0 Å². The molecule has 1 amide bonds. The lowest BCUT2D eigenvalue weighted by molar-refractivity contribution is -0.135. The van der Waals surface area contributed by atoms with Crippen LogP contribution in [0.25, 0.3) is 0 Å². The third kappa shape index (κ3) is 4.81. The fraction of sp³-hybridized carbons (Fsp3) is 0.526. The first-order chi connectivity index (χ1) is 11.7. The molecule has 0 aromatic heterocycles. The average Bonchev–Trinajstić information content (AvgIpc) is 2.62. The molecule has 24 heavy (non-hydrogen) atoms. The zero-order chi connectivity index (χ0) is 17.4. The van der Waals surface area contributed by atoms with Gasteiger partial charge in [0.05, 0.1) is 18.2 Å². The second-order valence-corrected chi connectivity index (χ2v) is 6.36. The zero-order valence-corrected chi connectivity index (χ0v) is 14.2. The summed E-state index contributed by atoms with van der Waals surface area (Å²) < 4.78 is 0. The fourth-order valence-corrected chi connectivity index (χ4v) is 3.29. The Bertz CT molecular complexity index is 592. The van der Waals surface area contributed by atoms with Gasteiger partial charge < -0.3 is 4.90 Å². The molecule has 1 aliphatic heterocycles. The van der Waals surface area contributed by atoms with Crippen molar-refractivity contribution in [1.29, 1.82) is 10.5 Å². The van der Waals surface area contributed by atoms with Gasteiger partial charge in [-0.2, -0.15) is 10.5 Å². The standard InChI is InChI=1S/C19H24N4O/c1-16(19(24)23(13-9-20)14-10-21)22-11-7-18(8-12-22)15-17-5-3-2-4-6-17/h2-6,16,18H,7-8,11-15H2,1H3/t16-/m1/s1. The Morgan fingerprint density at radius 3 is 2.33 bits per heavy atom. The minimum absolute atomic E-state index is 0.0266. The highest BCUT2D eigenvalue weighted by atomic mass is 16.2. The molecule has 1 aliphatic rings. The van der Waals surface area contributed by atoms with Gasteiger partial charge in [-0.15, -0.1) is 0 Å². The smallest absolute Gasteiger partial charge is 0.241 e. The highest BCUT2D eigenvalue weighted by molar-refractivity contribution is 5.82. The minimum atomic E-state index is -0.274. The number of carbonyl (C=O) groups is 1. The van der Waals surface area contributed by atoms with Gasteiger partial charge in [-0.25, -0.2) is 0 Å². The van der Waals surface area contributed by atoms with Crippen LogP contribution in [-0.4, -0.2) is 47.9 Å². The molecule has 1 atom stereocenters. The molecule has 1 fully saturated rings. The molecule has 0 unspecified atom stereocenters. The molecular weight excluding hydrogens is 300 g/mol. The van der Waals surface area contributed by atoms with Crippen molar-refractivity contribution < 1.29 is 4.79 Å². The van der Waals surface area contributed by atoms with Gasteiger partial charge in [0.15, 0.2) is 0 Å². The van der Waals surface area contributed by atoms with Crippen molar-refractivity contribution in [2.24, 2.45) is 5.92 Å². The Kier molecular flexibility index (Phi) is 6.78. The molecule has 0 radical (unpaired) electrons. The van der Waals surface area contributed by atoms with Crippen LogP contribution >= 0.6 is 0 Å². The van der Waals surface area contributed by atoms with Crippen molar-refractivity contribution in [3.8, 4) is 12.1 Å². The van der Waals surface area contributed by atoms with Crippen molar-refractivity contribution in [1.82, 2.24) is 9.80 Å². The highest BCUT2D eigenvalue weighted by Gasteiger charge is 2.29. The average molecular weight is 324 g/mol. The first-order valence-electron chi connectivity index (χ1n) is 8.46. The Morgan fingerprint density at radius 2 is 1.79 bits per heavy atom. The Morgan fingerprint density at radius 1 is 1.21 bits per heavy atom. The van der Waals surface area contributed by atoms with Crippen LogP contribution in [0, 0.1) is 28.6 Å². The minimum Gasteiger partial charge on any atom is -0.315 e.